The molecule has 252 valence electrons. The quantitative estimate of drug-likeness (QED) is 0.262. The molecule has 1 unspecified atom stereocenters. The van der Waals surface area contributed by atoms with Crippen LogP contribution in [0.25, 0.3) is 0 Å². The van der Waals surface area contributed by atoms with Crippen LogP contribution in [-0.4, -0.2) is 59.8 Å². The maximum atomic E-state index is 14.4. The van der Waals surface area contributed by atoms with Crippen LogP contribution in [0.4, 0.5) is 0 Å². The van der Waals surface area contributed by atoms with Crippen LogP contribution in [0.3, 0.4) is 0 Å². The van der Waals surface area contributed by atoms with Crippen LogP contribution in [-0.2, 0) is 10.0 Å². The second-order valence-electron chi connectivity index (χ2n) is 17.9. The fourth-order valence-corrected chi connectivity index (χ4v) is 14.1. The average molecular weight is 652 g/mol. The number of carbonyl (C=O) groups excluding carboxylic acids is 1. The fraction of sp³-hybridized carbons (Fsp3) is 0.763. The summed E-state index contributed by atoms with van der Waals surface area (Å²) < 4.78 is 34.2. The Bertz CT molecular complexity index is 1610. The highest BCUT2D eigenvalue weighted by Gasteiger charge is 2.74. The summed E-state index contributed by atoms with van der Waals surface area (Å²) in [5.41, 5.74) is -1.91. The van der Waals surface area contributed by atoms with Crippen LogP contribution in [0.2, 0.25) is 0 Å². The molecule has 0 saturated heterocycles. The second kappa shape index (κ2) is 9.70. The van der Waals surface area contributed by atoms with E-state index in [0.29, 0.717) is 37.0 Å². The van der Waals surface area contributed by atoms with Gasteiger partial charge >= 0.3 is 0 Å². The molecule has 7 nitrogen and oxygen atoms in total. The van der Waals surface area contributed by atoms with E-state index in [1.54, 1.807) is 22.7 Å². The Kier molecular flexibility index (Phi) is 6.65. The number of hydrogen-bond acceptors (Lipinski definition) is 6. The Morgan fingerprint density at radius 3 is 2.39 bits per heavy atom. The molecule has 2 spiro atoms. The zero-order valence-electron chi connectivity index (χ0n) is 28.3. The van der Waals surface area contributed by atoms with Gasteiger partial charge in [-0.2, -0.15) is 4.31 Å². The molecule has 6 saturated carbocycles. The number of furan rings is 1. The minimum absolute atomic E-state index is 0.0328. The van der Waals surface area contributed by atoms with Gasteiger partial charge in [0.2, 0.25) is 15.8 Å². The second-order valence-corrected chi connectivity index (χ2v) is 19.9. The normalized spacial score (nSPS) is 48.3. The van der Waals surface area contributed by atoms with Crippen LogP contribution in [0.1, 0.15) is 102 Å². The summed E-state index contributed by atoms with van der Waals surface area (Å²) in [6, 6.07) is 3.49. The van der Waals surface area contributed by atoms with E-state index in [1.165, 1.54) is 12.7 Å². The number of nitrogens with zero attached hydrogens (tertiary/aromatic N) is 1. The lowest BCUT2D eigenvalue weighted by molar-refractivity contribution is -0.175. The van der Waals surface area contributed by atoms with Gasteiger partial charge in [-0.1, -0.05) is 45.9 Å². The highest BCUT2D eigenvalue weighted by Crippen LogP contribution is 2.78. The number of ketones is 1. The molecule has 0 amide bonds. The van der Waals surface area contributed by atoms with Crippen molar-refractivity contribution in [1.82, 2.24) is 4.31 Å². The first-order valence-corrected chi connectivity index (χ1v) is 19.7. The highest BCUT2D eigenvalue weighted by atomic mass is 32.2. The van der Waals surface area contributed by atoms with E-state index in [9.17, 15) is 23.4 Å². The van der Waals surface area contributed by atoms with Crippen molar-refractivity contribution in [3.8, 4) is 0 Å². The lowest BCUT2D eigenvalue weighted by atomic mass is 9.32. The number of aliphatic hydroxyl groups excluding tert-OH is 1. The summed E-state index contributed by atoms with van der Waals surface area (Å²) >= 11 is 0. The molecule has 46 heavy (non-hydrogen) atoms. The van der Waals surface area contributed by atoms with Crippen molar-refractivity contribution in [3.05, 3.63) is 48.0 Å². The topological polar surface area (TPSA) is 108 Å². The van der Waals surface area contributed by atoms with Gasteiger partial charge in [-0.25, -0.2) is 8.42 Å². The molecule has 4 bridgehead atoms. The third kappa shape index (κ3) is 3.87. The van der Waals surface area contributed by atoms with E-state index in [2.05, 4.69) is 45.9 Å². The number of fused-ring (bicyclic) bond motifs is 3. The van der Waals surface area contributed by atoms with Crippen LogP contribution >= 0.6 is 0 Å². The van der Waals surface area contributed by atoms with Crippen molar-refractivity contribution < 1.29 is 27.8 Å². The summed E-state index contributed by atoms with van der Waals surface area (Å²) in [4.78, 5) is 14.4. The van der Waals surface area contributed by atoms with Gasteiger partial charge in [0.25, 0.3) is 0 Å². The molecule has 10 rings (SSSR count). The largest absolute Gasteiger partial charge is 0.461 e. The Hall–Kier alpha value is -1.74. The van der Waals surface area contributed by atoms with E-state index in [1.807, 2.05) is 0 Å². The SMILES string of the molecule is CC1(C)[C@H]2CC[C@@H](CN(C[C@]3(O)CC[C@H]4[C@]56C=C[C@@]7(C=C5C(=O)c5ccco5)CC(O)CC[C@]7(C)[C@H]6CC[C@@]43C)S(C)(=O)=O)[C@@H]1C2. The van der Waals surface area contributed by atoms with Crippen LogP contribution < -0.4 is 0 Å². The van der Waals surface area contributed by atoms with Crippen molar-refractivity contribution in [2.75, 3.05) is 19.3 Å². The van der Waals surface area contributed by atoms with Crippen molar-refractivity contribution in [3.63, 3.8) is 0 Å². The molecule has 2 N–H and O–H groups in total. The zero-order valence-corrected chi connectivity index (χ0v) is 29.1. The fourth-order valence-electron chi connectivity index (χ4n) is 13.2. The maximum absolute atomic E-state index is 14.4. The molecule has 0 aromatic carbocycles. The number of aliphatic hydroxyl groups is 2. The average Bonchev–Trinajstić information content (AvgIpc) is 3.62. The lowest BCUT2D eigenvalue weighted by Crippen LogP contribution is -2.67. The third-order valence-corrected chi connectivity index (χ3v) is 17.3. The van der Waals surface area contributed by atoms with Gasteiger partial charge in [-0.15, -0.1) is 0 Å². The first kappa shape index (κ1) is 31.5. The molecule has 1 heterocycles. The van der Waals surface area contributed by atoms with E-state index >= 15 is 0 Å². The van der Waals surface area contributed by atoms with Gasteiger partial charge in [-0.05, 0) is 117 Å². The molecule has 8 heteroatoms. The summed E-state index contributed by atoms with van der Waals surface area (Å²) in [6.45, 7) is 9.82. The van der Waals surface area contributed by atoms with Gasteiger partial charge < -0.3 is 14.6 Å². The smallest absolute Gasteiger partial charge is 0.224 e. The molecule has 6 fully saturated rings. The standard InChI is InChI=1S/C38H53NO6S/c1-33(2)25-9-8-24(27(33)19-25)22-39(46(5,43)44)23-37(42)15-12-31-35(37,4)14-11-30-34(3)13-10-26(40)20-36(34)16-17-38(30,31)28(21-36)32(41)29-7-6-18-45-29/h6-7,16-18,21,24-27,30-31,40,42H,8-15,19-20,22-23H2,1-5H3/t24-,25-,26?,27-,30+,31+,34+,35-,36-,37+,38+/m0/s1. The number of sulfonamides is 1. The van der Waals surface area contributed by atoms with Crippen molar-refractivity contribution in [2.45, 2.75) is 104 Å². The maximum Gasteiger partial charge on any atom is 0.224 e. The number of rotatable bonds is 7. The Labute approximate surface area is 274 Å². The third-order valence-electron chi connectivity index (χ3n) is 16.0. The van der Waals surface area contributed by atoms with Gasteiger partial charge in [-0.3, -0.25) is 4.79 Å². The monoisotopic (exact) mass is 651 g/mol. The Morgan fingerprint density at radius 2 is 1.72 bits per heavy atom. The number of carbonyl (C=O) groups is 1. The molecule has 0 radical (unpaired) electrons. The van der Waals surface area contributed by atoms with Crippen molar-refractivity contribution >= 4 is 15.8 Å². The predicted molar refractivity (Wildman–Crippen MR) is 176 cm³/mol. The van der Waals surface area contributed by atoms with Crippen LogP contribution in [0.5, 0.6) is 0 Å². The molecular weight excluding hydrogens is 598 g/mol. The Morgan fingerprint density at radius 1 is 1.00 bits per heavy atom. The lowest BCUT2D eigenvalue weighted by Gasteiger charge is -2.71. The molecule has 11 atom stereocenters. The summed E-state index contributed by atoms with van der Waals surface area (Å²) in [5, 5.41) is 23.8. The predicted octanol–water partition coefficient (Wildman–Crippen LogP) is 6.39. The minimum atomic E-state index is -3.56. The number of hydrogen-bond donors (Lipinski definition) is 2. The van der Waals surface area contributed by atoms with Crippen molar-refractivity contribution in [1.29, 1.82) is 0 Å². The first-order chi connectivity index (χ1) is 21.5. The van der Waals surface area contributed by atoms with Crippen molar-refractivity contribution in [2.24, 2.45) is 56.7 Å². The van der Waals surface area contributed by atoms with Gasteiger partial charge in [0, 0.05) is 34.9 Å². The summed E-state index contributed by atoms with van der Waals surface area (Å²) in [7, 11) is -3.56. The molecule has 0 aliphatic heterocycles. The van der Waals surface area contributed by atoms with Crippen LogP contribution in [0, 0.1) is 56.7 Å². The summed E-state index contributed by atoms with van der Waals surface area (Å²) in [6.07, 6.45) is 17.7. The minimum Gasteiger partial charge on any atom is -0.461 e. The van der Waals surface area contributed by atoms with Gasteiger partial charge in [0.05, 0.1) is 24.2 Å². The van der Waals surface area contributed by atoms with E-state index in [0.717, 1.165) is 56.4 Å². The highest BCUT2D eigenvalue weighted by molar-refractivity contribution is 7.88. The van der Waals surface area contributed by atoms with Crippen LogP contribution in [0.15, 0.2) is 46.6 Å². The van der Waals surface area contributed by atoms with E-state index < -0.39 is 38.0 Å². The van der Waals surface area contributed by atoms with Gasteiger partial charge in [0.15, 0.2) is 5.76 Å². The van der Waals surface area contributed by atoms with Gasteiger partial charge in [0.1, 0.15) is 0 Å². The summed E-state index contributed by atoms with van der Waals surface area (Å²) in [5.74, 6) is 1.95. The molecule has 1 aromatic heterocycles. The van der Waals surface area contributed by atoms with E-state index in [4.69, 9.17) is 4.42 Å². The Balaban J connectivity index is 1.18. The van der Waals surface area contributed by atoms with E-state index in [-0.39, 0.29) is 35.0 Å². The zero-order chi connectivity index (χ0) is 32.7. The molecule has 1 aromatic rings. The molecule has 9 aliphatic rings. The first-order valence-electron chi connectivity index (χ1n) is 17.9. The molecular formula is C38H53NO6S. The molecule has 9 aliphatic carbocycles. The number of allylic oxidation sites excluding steroid dienone is 4. The number of Topliss-reactive ketones (excluding diaryl/α,β-unsaturated/α-hetero) is 1.